The molecule has 0 saturated carbocycles. The zero-order valence-corrected chi connectivity index (χ0v) is 13.8. The molecule has 8 heteroatoms. The van der Waals surface area contributed by atoms with Gasteiger partial charge in [-0.05, 0) is 36.6 Å². The van der Waals surface area contributed by atoms with Crippen molar-refractivity contribution in [1.29, 1.82) is 0 Å². The van der Waals surface area contributed by atoms with Gasteiger partial charge in [0.05, 0.1) is 16.9 Å². The van der Waals surface area contributed by atoms with Gasteiger partial charge in [-0.25, -0.2) is 23.4 Å². The van der Waals surface area contributed by atoms with Gasteiger partial charge in [0.25, 0.3) is 0 Å². The highest BCUT2D eigenvalue weighted by Gasteiger charge is 2.27. The van der Waals surface area contributed by atoms with Crippen LogP contribution in [0.25, 0.3) is 11.0 Å². The molecule has 0 radical (unpaired) electrons. The molecule has 1 fully saturated rings. The molecule has 2 aromatic rings. The lowest BCUT2D eigenvalue weighted by molar-refractivity contribution is 0.550. The van der Waals surface area contributed by atoms with E-state index in [1.807, 2.05) is 12.3 Å². The van der Waals surface area contributed by atoms with Gasteiger partial charge in [0.15, 0.2) is 5.65 Å². The van der Waals surface area contributed by atoms with Crippen LogP contribution in [0.4, 0.5) is 0 Å². The third-order valence-electron chi connectivity index (χ3n) is 3.76. The van der Waals surface area contributed by atoms with E-state index in [1.54, 1.807) is 0 Å². The highest BCUT2D eigenvalue weighted by Crippen LogP contribution is 2.35. The van der Waals surface area contributed by atoms with Gasteiger partial charge in [-0.15, -0.1) is 11.8 Å². The lowest BCUT2D eigenvalue weighted by Gasteiger charge is -2.23. The van der Waals surface area contributed by atoms with Crippen molar-refractivity contribution in [3.05, 3.63) is 23.1 Å². The van der Waals surface area contributed by atoms with Gasteiger partial charge >= 0.3 is 0 Å². The first kappa shape index (κ1) is 15.0. The summed E-state index contributed by atoms with van der Waals surface area (Å²) < 4.78 is 23.1. The Labute approximate surface area is 132 Å². The highest BCUT2D eigenvalue weighted by molar-refractivity contribution is 7.98. The molecule has 0 bridgehead atoms. The maximum Gasteiger partial charge on any atom is 0.165 e. The molecule has 1 saturated heterocycles. The molecule has 112 valence electrons. The van der Waals surface area contributed by atoms with Gasteiger partial charge in [0.1, 0.15) is 26.3 Å². The van der Waals surface area contributed by atoms with E-state index in [1.165, 1.54) is 18.1 Å². The van der Waals surface area contributed by atoms with E-state index in [0.717, 1.165) is 16.0 Å². The van der Waals surface area contributed by atoms with Crippen LogP contribution >= 0.6 is 23.4 Å². The van der Waals surface area contributed by atoms with Crippen LogP contribution in [-0.2, 0) is 9.84 Å². The molecular weight excluding hydrogens is 330 g/mol. The second kappa shape index (κ2) is 5.70. The van der Waals surface area contributed by atoms with Gasteiger partial charge in [-0.2, -0.15) is 0 Å². The molecule has 5 nitrogen and oxygen atoms in total. The smallest absolute Gasteiger partial charge is 0.165 e. The molecule has 3 heterocycles. The maximum absolute atomic E-state index is 11.6. The molecule has 1 aliphatic heterocycles. The van der Waals surface area contributed by atoms with Crippen LogP contribution in [0, 0.1) is 0 Å². The van der Waals surface area contributed by atoms with Crippen molar-refractivity contribution in [2.45, 2.75) is 23.8 Å². The SMILES string of the molecule is CSc1ncnc2nc(Cl)c(C3CCS(=O)(=O)CC3)cc12. The number of hydrogen-bond acceptors (Lipinski definition) is 6. The summed E-state index contributed by atoms with van der Waals surface area (Å²) in [6.07, 6.45) is 4.61. The van der Waals surface area contributed by atoms with E-state index >= 15 is 0 Å². The number of pyridine rings is 1. The lowest BCUT2D eigenvalue weighted by Crippen LogP contribution is -2.22. The zero-order chi connectivity index (χ0) is 15.0. The van der Waals surface area contributed by atoms with E-state index in [2.05, 4.69) is 15.0 Å². The molecule has 3 rings (SSSR count). The van der Waals surface area contributed by atoms with Crippen LogP contribution in [0.15, 0.2) is 17.4 Å². The van der Waals surface area contributed by atoms with Crippen molar-refractivity contribution in [3.63, 3.8) is 0 Å². The van der Waals surface area contributed by atoms with E-state index in [9.17, 15) is 8.42 Å². The van der Waals surface area contributed by atoms with E-state index in [0.29, 0.717) is 23.6 Å². The molecule has 0 N–H and O–H groups in total. The van der Waals surface area contributed by atoms with Crippen LogP contribution in [0.5, 0.6) is 0 Å². The Hall–Kier alpha value is -0.920. The Morgan fingerprint density at radius 3 is 2.67 bits per heavy atom. The predicted molar refractivity (Wildman–Crippen MR) is 84.8 cm³/mol. The normalized spacial score (nSPS) is 19.0. The van der Waals surface area contributed by atoms with E-state index in [4.69, 9.17) is 11.6 Å². The number of sulfone groups is 1. The van der Waals surface area contributed by atoms with Crippen LogP contribution in [0.3, 0.4) is 0 Å². The summed E-state index contributed by atoms with van der Waals surface area (Å²) in [6, 6.07) is 1.97. The summed E-state index contributed by atoms with van der Waals surface area (Å²) in [5, 5.41) is 2.14. The third-order valence-corrected chi connectivity index (χ3v) is 6.49. The van der Waals surface area contributed by atoms with Gasteiger partial charge in [0.2, 0.25) is 0 Å². The molecule has 0 unspecified atom stereocenters. The van der Waals surface area contributed by atoms with E-state index in [-0.39, 0.29) is 17.4 Å². The van der Waals surface area contributed by atoms with Crippen LogP contribution in [0.1, 0.15) is 24.3 Å². The summed E-state index contributed by atoms with van der Waals surface area (Å²) >= 11 is 7.80. The fourth-order valence-electron chi connectivity index (χ4n) is 2.61. The predicted octanol–water partition coefficient (Wildman–Crippen LogP) is 2.69. The van der Waals surface area contributed by atoms with Crippen LogP contribution in [0.2, 0.25) is 5.15 Å². The molecule has 0 aromatic carbocycles. The average molecular weight is 344 g/mol. The van der Waals surface area contributed by atoms with Crippen molar-refractivity contribution in [2.24, 2.45) is 0 Å². The third kappa shape index (κ3) is 3.00. The number of aromatic nitrogens is 3. The quantitative estimate of drug-likeness (QED) is 0.474. The minimum Gasteiger partial charge on any atom is -0.229 e. The molecule has 0 atom stereocenters. The lowest BCUT2D eigenvalue weighted by atomic mass is 9.94. The summed E-state index contributed by atoms with van der Waals surface area (Å²) in [6.45, 7) is 0. The number of rotatable bonds is 2. The van der Waals surface area contributed by atoms with Crippen LogP contribution < -0.4 is 0 Å². The first-order valence-corrected chi connectivity index (χ1v) is 9.98. The second-order valence-electron chi connectivity index (χ2n) is 5.05. The van der Waals surface area contributed by atoms with Gasteiger partial charge in [-0.1, -0.05) is 11.6 Å². The van der Waals surface area contributed by atoms with Gasteiger partial charge < -0.3 is 0 Å². The molecule has 0 amide bonds. The standard InChI is InChI=1S/C13H14ClN3O2S2/c1-20-13-10-6-9(8-2-4-21(18,19)5-3-8)11(14)17-12(10)15-7-16-13/h6-8H,2-5H2,1H3. The summed E-state index contributed by atoms with van der Waals surface area (Å²) in [4.78, 5) is 12.7. The minimum absolute atomic E-state index is 0.132. The summed E-state index contributed by atoms with van der Waals surface area (Å²) in [7, 11) is -2.88. The minimum atomic E-state index is -2.88. The van der Waals surface area contributed by atoms with Crippen LogP contribution in [-0.4, -0.2) is 41.1 Å². The molecule has 1 aliphatic rings. The summed E-state index contributed by atoms with van der Waals surface area (Å²) in [5.41, 5.74) is 1.48. The Morgan fingerprint density at radius 2 is 2.00 bits per heavy atom. The fraction of sp³-hybridized carbons (Fsp3) is 0.462. The molecule has 0 spiro atoms. The monoisotopic (exact) mass is 343 g/mol. The number of halogens is 1. The zero-order valence-electron chi connectivity index (χ0n) is 11.4. The number of nitrogens with zero attached hydrogens (tertiary/aromatic N) is 3. The van der Waals surface area contributed by atoms with E-state index < -0.39 is 9.84 Å². The first-order chi connectivity index (χ1) is 10.00. The Morgan fingerprint density at radius 1 is 1.29 bits per heavy atom. The largest absolute Gasteiger partial charge is 0.229 e. The highest BCUT2D eigenvalue weighted by atomic mass is 35.5. The van der Waals surface area contributed by atoms with Crippen molar-refractivity contribution in [3.8, 4) is 0 Å². The Bertz CT molecular complexity index is 781. The number of fused-ring (bicyclic) bond motifs is 1. The Kier molecular flexibility index (Phi) is 4.07. The number of hydrogen-bond donors (Lipinski definition) is 0. The molecule has 2 aromatic heterocycles. The van der Waals surface area contributed by atoms with Gasteiger partial charge in [-0.3, -0.25) is 0 Å². The van der Waals surface area contributed by atoms with Gasteiger partial charge in [0, 0.05) is 0 Å². The molecule has 21 heavy (non-hydrogen) atoms. The van der Waals surface area contributed by atoms with Crippen molar-refractivity contribution in [1.82, 2.24) is 15.0 Å². The maximum atomic E-state index is 11.6. The number of thioether (sulfide) groups is 1. The second-order valence-corrected chi connectivity index (χ2v) is 8.51. The first-order valence-electron chi connectivity index (χ1n) is 6.56. The Balaban J connectivity index is 2.05. The molecule has 0 aliphatic carbocycles. The van der Waals surface area contributed by atoms with Crippen molar-refractivity contribution < 1.29 is 8.42 Å². The summed E-state index contributed by atoms with van der Waals surface area (Å²) in [5.74, 6) is 0.562. The fourth-order valence-corrected chi connectivity index (χ4v) is 4.91. The molecular formula is C13H14ClN3O2S2. The average Bonchev–Trinajstić information content (AvgIpc) is 2.46. The van der Waals surface area contributed by atoms with Crippen molar-refractivity contribution in [2.75, 3.05) is 17.8 Å². The van der Waals surface area contributed by atoms with Crippen molar-refractivity contribution >= 4 is 44.2 Å². The topological polar surface area (TPSA) is 72.8 Å².